The molecule has 170 valence electrons. The van der Waals surface area contributed by atoms with Crippen molar-refractivity contribution in [1.29, 1.82) is 0 Å². The molecule has 1 amide bonds. The number of nitrogens with one attached hydrogen (secondary N) is 1. The molecular formula is C20H13Cl3F4N2O3. The summed E-state index contributed by atoms with van der Waals surface area (Å²) >= 11 is 17.2. The van der Waals surface area contributed by atoms with E-state index < -0.39 is 45.5 Å². The predicted octanol–water partition coefficient (Wildman–Crippen LogP) is 6.49. The summed E-state index contributed by atoms with van der Waals surface area (Å²) in [6.45, 7) is 1.83. The van der Waals surface area contributed by atoms with Crippen molar-refractivity contribution in [3.05, 3.63) is 68.0 Å². The van der Waals surface area contributed by atoms with Crippen LogP contribution in [0.3, 0.4) is 0 Å². The highest BCUT2D eigenvalue weighted by Crippen LogP contribution is 2.37. The third-order valence-corrected chi connectivity index (χ3v) is 5.57. The minimum Gasteiger partial charge on any atom is -0.478 e. The minimum atomic E-state index is -4.96. The van der Waals surface area contributed by atoms with Gasteiger partial charge in [-0.1, -0.05) is 34.8 Å². The molecule has 0 fully saturated rings. The van der Waals surface area contributed by atoms with E-state index in [-0.39, 0.29) is 22.8 Å². The first-order valence-corrected chi connectivity index (χ1v) is 10.1. The van der Waals surface area contributed by atoms with E-state index in [4.69, 9.17) is 34.8 Å². The fourth-order valence-corrected chi connectivity index (χ4v) is 4.02. The molecule has 0 aliphatic rings. The Hall–Kier alpha value is -2.49. The lowest BCUT2D eigenvalue weighted by atomic mass is 10.1. The van der Waals surface area contributed by atoms with Gasteiger partial charge < -0.3 is 15.0 Å². The van der Waals surface area contributed by atoms with Crippen LogP contribution in [0.1, 0.15) is 39.4 Å². The summed E-state index contributed by atoms with van der Waals surface area (Å²) in [5.74, 6) is -3.48. The highest BCUT2D eigenvalue weighted by atomic mass is 35.5. The molecule has 1 heterocycles. The minimum absolute atomic E-state index is 0.0893. The fourth-order valence-electron chi connectivity index (χ4n) is 3.28. The normalized spacial score (nSPS) is 12.8. The van der Waals surface area contributed by atoms with Crippen LogP contribution in [0.15, 0.2) is 30.3 Å². The third kappa shape index (κ3) is 4.51. The van der Waals surface area contributed by atoms with Crippen LogP contribution >= 0.6 is 34.8 Å². The molecule has 1 atom stereocenters. The van der Waals surface area contributed by atoms with Crippen molar-refractivity contribution in [2.45, 2.75) is 25.7 Å². The zero-order valence-electron chi connectivity index (χ0n) is 16.0. The van der Waals surface area contributed by atoms with E-state index >= 15 is 0 Å². The number of rotatable bonds is 5. The number of amides is 1. The molecule has 0 bridgehead atoms. The number of hydrogen-bond acceptors (Lipinski definition) is 2. The molecule has 0 aliphatic heterocycles. The number of carbonyl (C=O) groups excluding carboxylic acids is 1. The maximum Gasteiger partial charge on any atom is 0.412 e. The molecule has 0 saturated carbocycles. The SMILES string of the molecule is CCn1c(C(=O)NC(c2cc(Cl)c(F)c(Cl)c2)C(F)(F)F)cc2cc(C(=O)O)c(Cl)cc21. The van der Waals surface area contributed by atoms with Gasteiger partial charge in [-0.15, -0.1) is 0 Å². The first-order chi connectivity index (χ1) is 14.8. The van der Waals surface area contributed by atoms with Crippen LogP contribution in [0.25, 0.3) is 10.9 Å². The Labute approximate surface area is 193 Å². The topological polar surface area (TPSA) is 71.3 Å². The van der Waals surface area contributed by atoms with Crippen molar-refractivity contribution in [2.24, 2.45) is 0 Å². The maximum absolute atomic E-state index is 13.7. The zero-order valence-corrected chi connectivity index (χ0v) is 18.3. The molecular weight excluding hydrogens is 499 g/mol. The molecule has 3 rings (SSSR count). The van der Waals surface area contributed by atoms with E-state index in [1.165, 1.54) is 22.8 Å². The average Bonchev–Trinajstić information content (AvgIpc) is 3.05. The number of aryl methyl sites for hydroxylation is 1. The van der Waals surface area contributed by atoms with Crippen molar-refractivity contribution >= 4 is 57.6 Å². The number of carboxylic acids is 1. The highest BCUT2D eigenvalue weighted by Gasteiger charge is 2.43. The Morgan fingerprint density at radius 3 is 2.16 bits per heavy atom. The van der Waals surface area contributed by atoms with Gasteiger partial charge in [-0.2, -0.15) is 13.2 Å². The van der Waals surface area contributed by atoms with Crippen LogP contribution in [-0.2, 0) is 6.54 Å². The van der Waals surface area contributed by atoms with Crippen molar-refractivity contribution in [2.75, 3.05) is 0 Å². The number of carboxylic acid groups (broad SMARTS) is 1. The lowest BCUT2D eigenvalue weighted by Crippen LogP contribution is -2.39. The third-order valence-electron chi connectivity index (χ3n) is 4.71. The van der Waals surface area contributed by atoms with Gasteiger partial charge in [-0.05, 0) is 42.8 Å². The van der Waals surface area contributed by atoms with Crippen LogP contribution in [0, 0.1) is 5.82 Å². The molecule has 12 heteroatoms. The van der Waals surface area contributed by atoms with E-state index in [0.717, 1.165) is 12.1 Å². The number of nitrogens with zero attached hydrogens (tertiary/aromatic N) is 1. The van der Waals surface area contributed by atoms with Crippen molar-refractivity contribution in [3.8, 4) is 0 Å². The molecule has 0 aliphatic carbocycles. The molecule has 1 aromatic heterocycles. The molecule has 0 spiro atoms. The summed E-state index contributed by atoms with van der Waals surface area (Å²) < 4.78 is 56.3. The Morgan fingerprint density at radius 2 is 1.66 bits per heavy atom. The van der Waals surface area contributed by atoms with Crippen LogP contribution in [0.5, 0.6) is 0 Å². The Bertz CT molecular complexity index is 1220. The molecule has 2 N–H and O–H groups in total. The first kappa shape index (κ1) is 24.2. The van der Waals surface area contributed by atoms with Gasteiger partial charge in [-0.25, -0.2) is 9.18 Å². The molecule has 1 unspecified atom stereocenters. The molecule has 32 heavy (non-hydrogen) atoms. The number of halogens is 7. The van der Waals surface area contributed by atoms with Gasteiger partial charge >= 0.3 is 12.1 Å². The average molecular weight is 512 g/mol. The lowest BCUT2D eigenvalue weighted by Gasteiger charge is -2.23. The van der Waals surface area contributed by atoms with Gasteiger partial charge in [0.2, 0.25) is 0 Å². The predicted molar refractivity (Wildman–Crippen MR) is 112 cm³/mol. The van der Waals surface area contributed by atoms with E-state index in [1.807, 2.05) is 5.32 Å². The number of aromatic nitrogens is 1. The zero-order chi connectivity index (χ0) is 24.0. The maximum atomic E-state index is 13.7. The summed E-state index contributed by atoms with van der Waals surface area (Å²) in [6, 6.07) is 2.73. The van der Waals surface area contributed by atoms with Gasteiger partial charge in [0, 0.05) is 11.9 Å². The number of benzene rings is 2. The standard InChI is InChI=1S/C20H13Cl3F4N2O3/c1-2-29-14-7-11(21)10(19(31)32)3-8(14)6-15(29)18(30)28-17(20(25,26)27)9-4-12(22)16(24)13(23)5-9/h3-7,17H,2H2,1H3,(H,28,30)(H,31,32). The largest absolute Gasteiger partial charge is 0.478 e. The summed E-state index contributed by atoms with van der Waals surface area (Å²) in [4.78, 5) is 24.2. The molecule has 5 nitrogen and oxygen atoms in total. The second kappa shape index (κ2) is 8.80. The fraction of sp³-hybridized carbons (Fsp3) is 0.200. The van der Waals surface area contributed by atoms with Gasteiger partial charge in [0.1, 0.15) is 5.69 Å². The highest BCUT2D eigenvalue weighted by molar-refractivity contribution is 6.35. The molecule has 0 radical (unpaired) electrons. The summed E-state index contributed by atoms with van der Waals surface area (Å²) in [7, 11) is 0. The van der Waals surface area contributed by atoms with E-state index in [2.05, 4.69) is 0 Å². The molecule has 0 saturated heterocycles. The Kier molecular flexibility index (Phi) is 6.65. The monoisotopic (exact) mass is 510 g/mol. The van der Waals surface area contributed by atoms with Gasteiger partial charge in [-0.3, -0.25) is 4.79 Å². The van der Waals surface area contributed by atoms with Crippen molar-refractivity contribution < 1.29 is 32.3 Å². The number of alkyl halides is 3. The quantitative estimate of drug-likeness (QED) is 0.304. The van der Waals surface area contributed by atoms with E-state index in [9.17, 15) is 32.3 Å². The molecule has 2 aromatic carbocycles. The van der Waals surface area contributed by atoms with Gasteiger partial charge in [0.05, 0.1) is 26.1 Å². The van der Waals surface area contributed by atoms with Crippen molar-refractivity contribution in [3.63, 3.8) is 0 Å². The smallest absolute Gasteiger partial charge is 0.412 e. The summed E-state index contributed by atoms with van der Waals surface area (Å²) in [5.41, 5.74) is -0.570. The summed E-state index contributed by atoms with van der Waals surface area (Å²) in [5, 5.41) is 10.1. The van der Waals surface area contributed by atoms with Gasteiger partial charge in [0.15, 0.2) is 11.9 Å². The second-order valence-electron chi connectivity index (χ2n) is 6.72. The number of aromatic carboxylic acids is 1. The van der Waals surface area contributed by atoms with Gasteiger partial charge in [0.25, 0.3) is 5.91 Å². The lowest BCUT2D eigenvalue weighted by molar-refractivity contribution is -0.155. The Balaban J connectivity index is 2.08. The van der Waals surface area contributed by atoms with Crippen molar-refractivity contribution in [1.82, 2.24) is 9.88 Å². The second-order valence-corrected chi connectivity index (χ2v) is 7.94. The number of fused-ring (bicyclic) bond motifs is 1. The van der Waals surface area contributed by atoms with Crippen LogP contribution < -0.4 is 5.32 Å². The Morgan fingerprint density at radius 1 is 1.06 bits per heavy atom. The number of carbonyl (C=O) groups is 2. The van der Waals surface area contributed by atoms with Crippen LogP contribution in [0.2, 0.25) is 15.1 Å². The van der Waals surface area contributed by atoms with Crippen LogP contribution in [0.4, 0.5) is 17.6 Å². The summed E-state index contributed by atoms with van der Waals surface area (Å²) in [6.07, 6.45) is -4.96. The first-order valence-electron chi connectivity index (χ1n) is 8.93. The van der Waals surface area contributed by atoms with E-state index in [0.29, 0.717) is 10.9 Å². The number of hydrogen-bond donors (Lipinski definition) is 2. The van der Waals surface area contributed by atoms with Crippen LogP contribution in [-0.4, -0.2) is 27.7 Å². The molecule has 3 aromatic rings. The van der Waals surface area contributed by atoms with E-state index in [1.54, 1.807) is 6.92 Å².